The Morgan fingerprint density at radius 3 is 2.65 bits per heavy atom. The first-order valence-corrected chi connectivity index (χ1v) is 10.9. The van der Waals surface area contributed by atoms with E-state index in [9.17, 15) is 9.18 Å². The second kappa shape index (κ2) is 9.72. The highest BCUT2D eigenvalue weighted by atomic mass is 19.1. The van der Waals surface area contributed by atoms with Gasteiger partial charge in [-0.05, 0) is 45.4 Å². The van der Waals surface area contributed by atoms with Crippen molar-refractivity contribution in [2.75, 3.05) is 20.2 Å². The summed E-state index contributed by atoms with van der Waals surface area (Å²) >= 11 is 0. The number of hydrogen-bond acceptors (Lipinski definition) is 7. The van der Waals surface area contributed by atoms with Gasteiger partial charge >= 0.3 is 6.09 Å². The van der Waals surface area contributed by atoms with Crippen molar-refractivity contribution in [2.24, 2.45) is 17.0 Å². The van der Waals surface area contributed by atoms with Gasteiger partial charge < -0.3 is 25.5 Å². The zero-order valence-corrected chi connectivity index (χ0v) is 18.7. The van der Waals surface area contributed by atoms with Crippen LogP contribution >= 0.6 is 0 Å². The molecule has 1 aromatic heterocycles. The van der Waals surface area contributed by atoms with Crippen LogP contribution in [0.15, 0.2) is 11.8 Å². The molecule has 0 spiro atoms. The van der Waals surface area contributed by atoms with E-state index >= 15 is 0 Å². The molecule has 0 saturated heterocycles. The van der Waals surface area contributed by atoms with Gasteiger partial charge in [0.1, 0.15) is 11.4 Å². The van der Waals surface area contributed by atoms with Crippen LogP contribution in [0.1, 0.15) is 63.3 Å². The van der Waals surface area contributed by atoms with Crippen molar-refractivity contribution in [1.29, 1.82) is 0 Å². The first-order valence-electron chi connectivity index (χ1n) is 10.9. The molecular weight excluding hydrogens is 401 g/mol. The standard InChI is InChI=1S/C22H34FN5O3/c1-14-18(31-15-7-5-4-6-8-15)11-16(23)20(27-14)19(24)17(28(3)25)12-26-21(29)30-13-22(2)9-10-22/h11,15H,4-10,12-13,24-25H2,1-3H3,(H,26,29)/b19-17-. The van der Waals surface area contributed by atoms with Crippen LogP contribution in [0.5, 0.6) is 5.75 Å². The number of halogens is 1. The highest BCUT2D eigenvalue weighted by molar-refractivity contribution is 5.69. The number of pyridine rings is 1. The molecule has 1 heterocycles. The molecule has 0 atom stereocenters. The largest absolute Gasteiger partial charge is 0.488 e. The van der Waals surface area contributed by atoms with E-state index in [1.165, 1.54) is 17.5 Å². The van der Waals surface area contributed by atoms with Crippen LogP contribution in [-0.2, 0) is 4.74 Å². The molecule has 2 aliphatic carbocycles. The Labute approximate surface area is 183 Å². The normalized spacial score (nSPS) is 18.7. The summed E-state index contributed by atoms with van der Waals surface area (Å²) < 4.78 is 26.1. The molecule has 9 heteroatoms. The summed E-state index contributed by atoms with van der Waals surface area (Å²) in [5, 5.41) is 3.86. The maximum atomic E-state index is 14.9. The fourth-order valence-corrected chi connectivity index (χ4v) is 3.59. The fourth-order valence-electron chi connectivity index (χ4n) is 3.59. The van der Waals surface area contributed by atoms with E-state index in [1.54, 1.807) is 14.0 Å². The maximum absolute atomic E-state index is 14.9. The fraction of sp³-hybridized carbons (Fsp3) is 0.636. The topological polar surface area (TPSA) is 116 Å². The Morgan fingerprint density at radius 2 is 2.03 bits per heavy atom. The van der Waals surface area contributed by atoms with Crippen LogP contribution in [0, 0.1) is 18.2 Å². The van der Waals surface area contributed by atoms with Gasteiger partial charge in [-0.25, -0.2) is 20.0 Å². The number of rotatable bonds is 8. The quantitative estimate of drug-likeness (QED) is 0.424. The van der Waals surface area contributed by atoms with Crippen LogP contribution in [0.2, 0.25) is 0 Å². The van der Waals surface area contributed by atoms with E-state index in [4.69, 9.17) is 21.1 Å². The van der Waals surface area contributed by atoms with E-state index in [0.29, 0.717) is 23.7 Å². The number of nitrogens with zero attached hydrogens (tertiary/aromatic N) is 2. The van der Waals surface area contributed by atoms with E-state index in [-0.39, 0.29) is 29.5 Å². The summed E-state index contributed by atoms with van der Waals surface area (Å²) in [5.74, 6) is 5.71. The Kier molecular flexibility index (Phi) is 7.25. The predicted octanol–water partition coefficient (Wildman–Crippen LogP) is 3.20. The molecule has 0 unspecified atom stereocenters. The third kappa shape index (κ3) is 6.22. The lowest BCUT2D eigenvalue weighted by molar-refractivity contribution is 0.125. The third-order valence-corrected chi connectivity index (χ3v) is 6.01. The molecule has 5 N–H and O–H groups in total. The number of likely N-dealkylation sites (N-methyl/N-ethyl adjacent to an activating group) is 1. The van der Waals surface area contributed by atoms with Gasteiger partial charge in [0.2, 0.25) is 0 Å². The van der Waals surface area contributed by atoms with E-state index in [1.807, 2.05) is 0 Å². The molecule has 1 aromatic rings. The molecule has 8 nitrogen and oxygen atoms in total. The van der Waals surface area contributed by atoms with Crippen LogP contribution in [-0.4, -0.2) is 42.4 Å². The Hall–Kier alpha value is -2.55. The Bertz CT molecular complexity index is 833. The minimum absolute atomic E-state index is 0.0190. The van der Waals surface area contributed by atoms with Gasteiger partial charge in [-0.1, -0.05) is 13.3 Å². The average Bonchev–Trinajstić information content (AvgIpc) is 3.47. The lowest BCUT2D eigenvalue weighted by atomic mass is 9.98. The molecule has 172 valence electrons. The minimum Gasteiger partial charge on any atom is -0.488 e. The minimum atomic E-state index is -0.600. The second-order valence-corrected chi connectivity index (χ2v) is 8.99. The zero-order chi connectivity index (χ0) is 22.6. The molecule has 2 fully saturated rings. The lowest BCUT2D eigenvalue weighted by Crippen LogP contribution is -2.37. The summed E-state index contributed by atoms with van der Waals surface area (Å²) in [7, 11) is 1.56. The van der Waals surface area contributed by atoms with Crippen molar-refractivity contribution in [1.82, 2.24) is 15.3 Å². The van der Waals surface area contributed by atoms with Crippen molar-refractivity contribution in [3.8, 4) is 5.75 Å². The molecule has 0 aliphatic heterocycles. The van der Waals surface area contributed by atoms with E-state index in [2.05, 4.69) is 17.2 Å². The number of alkyl carbamates (subject to hydrolysis) is 1. The van der Waals surface area contributed by atoms with E-state index < -0.39 is 11.9 Å². The monoisotopic (exact) mass is 435 g/mol. The number of ether oxygens (including phenoxy) is 2. The highest BCUT2D eigenvalue weighted by Crippen LogP contribution is 2.44. The molecule has 2 saturated carbocycles. The number of aromatic nitrogens is 1. The summed E-state index contributed by atoms with van der Waals surface area (Å²) in [6.07, 6.45) is 7.00. The van der Waals surface area contributed by atoms with Crippen LogP contribution in [0.4, 0.5) is 9.18 Å². The smallest absolute Gasteiger partial charge is 0.407 e. The van der Waals surface area contributed by atoms with Gasteiger partial charge in [-0.3, -0.25) is 0 Å². The van der Waals surface area contributed by atoms with Crippen molar-refractivity contribution in [2.45, 2.75) is 64.9 Å². The molecule has 0 aromatic carbocycles. The number of aryl methyl sites for hydroxylation is 1. The van der Waals surface area contributed by atoms with Crippen molar-refractivity contribution >= 4 is 11.8 Å². The van der Waals surface area contributed by atoms with Crippen molar-refractivity contribution < 1.29 is 18.7 Å². The molecule has 31 heavy (non-hydrogen) atoms. The summed E-state index contributed by atoms with van der Waals surface area (Å²) in [5.41, 5.74) is 7.19. The number of nitrogens with two attached hydrogens (primary N) is 2. The number of hydrogen-bond donors (Lipinski definition) is 3. The van der Waals surface area contributed by atoms with Crippen LogP contribution < -0.4 is 21.6 Å². The van der Waals surface area contributed by atoms with Gasteiger partial charge in [0.05, 0.1) is 36.3 Å². The van der Waals surface area contributed by atoms with Crippen LogP contribution in [0.25, 0.3) is 5.70 Å². The number of nitrogens with one attached hydrogen (secondary N) is 1. The van der Waals surface area contributed by atoms with Crippen molar-refractivity contribution in [3.63, 3.8) is 0 Å². The summed E-state index contributed by atoms with van der Waals surface area (Å²) in [4.78, 5) is 16.3. The average molecular weight is 436 g/mol. The zero-order valence-electron chi connectivity index (χ0n) is 18.7. The molecule has 1 amide bonds. The van der Waals surface area contributed by atoms with Gasteiger partial charge in [0.15, 0.2) is 5.82 Å². The first-order chi connectivity index (χ1) is 14.7. The van der Waals surface area contributed by atoms with Gasteiger partial charge in [0, 0.05) is 18.5 Å². The third-order valence-electron chi connectivity index (χ3n) is 6.01. The lowest BCUT2D eigenvalue weighted by Gasteiger charge is -2.24. The SMILES string of the molecule is Cc1nc(/C(N)=C(\CNC(=O)OCC2(C)CC2)N(C)N)c(F)cc1OC1CCCCC1. The number of carbonyl (C=O) groups is 1. The summed E-state index contributed by atoms with van der Waals surface area (Å²) in [6, 6.07) is 1.32. The molecule has 3 rings (SSSR count). The predicted molar refractivity (Wildman–Crippen MR) is 116 cm³/mol. The van der Waals surface area contributed by atoms with Crippen molar-refractivity contribution in [3.05, 3.63) is 29.0 Å². The van der Waals surface area contributed by atoms with E-state index in [0.717, 1.165) is 38.5 Å². The van der Waals surface area contributed by atoms with Gasteiger partial charge in [-0.2, -0.15) is 0 Å². The Morgan fingerprint density at radius 1 is 1.35 bits per heavy atom. The maximum Gasteiger partial charge on any atom is 0.407 e. The second-order valence-electron chi connectivity index (χ2n) is 8.99. The number of amides is 1. The Balaban J connectivity index is 1.70. The van der Waals surface area contributed by atoms with Crippen LogP contribution in [0.3, 0.4) is 0 Å². The molecular formula is C22H34FN5O3. The number of hydrazine groups is 1. The number of carbonyl (C=O) groups excluding carboxylic acids is 1. The molecule has 2 aliphatic rings. The van der Waals surface area contributed by atoms with Gasteiger partial charge in [-0.15, -0.1) is 0 Å². The van der Waals surface area contributed by atoms with Gasteiger partial charge in [0.25, 0.3) is 0 Å². The first kappa shape index (κ1) is 23.1. The molecule has 0 radical (unpaired) electrons. The summed E-state index contributed by atoms with van der Waals surface area (Å²) in [6.45, 7) is 4.17. The molecule has 0 bridgehead atoms. The highest BCUT2D eigenvalue weighted by Gasteiger charge is 2.38.